The summed E-state index contributed by atoms with van der Waals surface area (Å²) < 4.78 is 5.26. The Morgan fingerprint density at radius 1 is 1.09 bits per heavy atom. The molecule has 2 aliphatic heterocycles. The maximum absolute atomic E-state index is 12.7. The highest BCUT2D eigenvalue weighted by molar-refractivity contribution is 8.00. The van der Waals surface area contributed by atoms with Crippen molar-refractivity contribution < 1.29 is 33.8 Å². The van der Waals surface area contributed by atoms with E-state index in [1.165, 1.54) is 34.9 Å². The summed E-state index contributed by atoms with van der Waals surface area (Å²) in [7, 11) is 0. The Kier molecular flexibility index (Phi) is 6.43. The molecule has 2 amide bonds. The number of fused-ring (bicyclic) bond motifs is 1. The minimum Gasteiger partial charge on any atom is -0.478 e. The van der Waals surface area contributed by atoms with Gasteiger partial charge < -0.3 is 20.1 Å². The van der Waals surface area contributed by atoms with E-state index in [2.05, 4.69) is 5.32 Å². The second kappa shape index (κ2) is 9.30. The summed E-state index contributed by atoms with van der Waals surface area (Å²) in [5.74, 6) is -2.81. The van der Waals surface area contributed by atoms with Crippen LogP contribution < -0.4 is 5.32 Å². The lowest BCUT2D eigenvalue weighted by Gasteiger charge is -2.53. The van der Waals surface area contributed by atoms with Crippen LogP contribution in [0, 0.1) is 5.41 Å². The van der Waals surface area contributed by atoms with Crippen LogP contribution in [0.1, 0.15) is 38.0 Å². The molecule has 176 valence electrons. The van der Waals surface area contributed by atoms with Gasteiger partial charge in [0.2, 0.25) is 5.91 Å². The van der Waals surface area contributed by atoms with Crippen molar-refractivity contribution in [2.45, 2.75) is 18.3 Å². The largest absolute Gasteiger partial charge is 0.478 e. The Morgan fingerprint density at radius 3 is 2.41 bits per heavy atom. The second-order valence-electron chi connectivity index (χ2n) is 8.40. The molecular formula is C24H22N2O7S. The fourth-order valence-electron chi connectivity index (χ4n) is 3.92. The molecular weight excluding hydrogens is 460 g/mol. The standard InChI is InChI=1S/C24H22N2O7S/c1-24(23(32)33-11-17(27)14-7-3-2-4-8-14)12-26-20(29)18(21(26)34-13-24)25-19(28)15-9-5-6-10-16(15)22(30)31/h2-10,18,21H,11-13H2,1H3,(H,25,28)(H,30,31)/t18?,21-,24?/m1/s1. The number of carbonyl (C=O) groups excluding carboxylic acids is 4. The number of thioether (sulfide) groups is 1. The molecule has 0 radical (unpaired) electrons. The lowest BCUT2D eigenvalue weighted by molar-refractivity contribution is -0.159. The van der Waals surface area contributed by atoms with Gasteiger partial charge in [0.15, 0.2) is 12.4 Å². The van der Waals surface area contributed by atoms with Crippen molar-refractivity contribution in [1.29, 1.82) is 0 Å². The molecule has 0 aliphatic carbocycles. The minimum absolute atomic E-state index is 0.0291. The van der Waals surface area contributed by atoms with Gasteiger partial charge in [0.25, 0.3) is 5.91 Å². The predicted octanol–water partition coefficient (Wildman–Crippen LogP) is 1.83. The van der Waals surface area contributed by atoms with Crippen LogP contribution in [0.5, 0.6) is 0 Å². The zero-order valence-electron chi connectivity index (χ0n) is 18.2. The van der Waals surface area contributed by atoms with Crippen LogP contribution in [0.25, 0.3) is 0 Å². The average Bonchev–Trinajstić information content (AvgIpc) is 2.85. The number of benzene rings is 2. The van der Waals surface area contributed by atoms with E-state index in [9.17, 15) is 29.1 Å². The number of hydrogen-bond acceptors (Lipinski definition) is 7. The predicted molar refractivity (Wildman–Crippen MR) is 122 cm³/mol. The molecule has 10 heteroatoms. The molecule has 2 aromatic carbocycles. The number of rotatable bonds is 7. The number of esters is 1. The van der Waals surface area contributed by atoms with Gasteiger partial charge >= 0.3 is 11.9 Å². The number of nitrogens with zero attached hydrogens (tertiary/aromatic N) is 1. The Hall–Kier alpha value is -3.66. The first-order valence-corrected chi connectivity index (χ1v) is 11.6. The van der Waals surface area contributed by atoms with Crippen molar-refractivity contribution in [3.8, 4) is 0 Å². The molecule has 0 saturated carbocycles. The van der Waals surface area contributed by atoms with Crippen LogP contribution in [0.4, 0.5) is 0 Å². The molecule has 34 heavy (non-hydrogen) atoms. The highest BCUT2D eigenvalue weighted by atomic mass is 32.2. The minimum atomic E-state index is -1.24. The third kappa shape index (κ3) is 4.41. The fourth-order valence-corrected chi connectivity index (χ4v) is 5.41. The van der Waals surface area contributed by atoms with E-state index in [4.69, 9.17) is 4.74 Å². The Morgan fingerprint density at radius 2 is 1.74 bits per heavy atom. The maximum atomic E-state index is 12.7. The molecule has 3 atom stereocenters. The fraction of sp³-hybridized carbons (Fsp3) is 0.292. The molecule has 2 fully saturated rings. The summed E-state index contributed by atoms with van der Waals surface area (Å²) in [6.45, 7) is 1.38. The first-order valence-electron chi connectivity index (χ1n) is 10.5. The van der Waals surface area contributed by atoms with Crippen molar-refractivity contribution >= 4 is 41.3 Å². The number of Topliss-reactive ketones (excluding diaryl/α,β-unsaturated/α-hetero) is 1. The van der Waals surface area contributed by atoms with Gasteiger partial charge in [-0.3, -0.25) is 19.2 Å². The zero-order chi connectivity index (χ0) is 24.5. The molecule has 0 spiro atoms. The topological polar surface area (TPSA) is 130 Å². The Bertz CT molecular complexity index is 1170. The number of ether oxygens (including phenoxy) is 1. The van der Waals surface area contributed by atoms with Crippen LogP contribution in [-0.4, -0.2) is 69.9 Å². The molecule has 2 unspecified atom stereocenters. The molecule has 2 aliphatic rings. The van der Waals surface area contributed by atoms with Gasteiger partial charge in [-0.2, -0.15) is 0 Å². The van der Waals surface area contributed by atoms with Crippen molar-refractivity contribution in [2.75, 3.05) is 18.9 Å². The van der Waals surface area contributed by atoms with Crippen LogP contribution in [0.2, 0.25) is 0 Å². The number of carbonyl (C=O) groups is 5. The number of amides is 2. The molecule has 0 bridgehead atoms. The summed E-state index contributed by atoms with van der Waals surface area (Å²) in [6.07, 6.45) is 0. The number of carboxylic acids is 1. The van der Waals surface area contributed by atoms with Gasteiger partial charge in [-0.15, -0.1) is 11.8 Å². The summed E-state index contributed by atoms with van der Waals surface area (Å²) in [5.41, 5.74) is -0.739. The smallest absolute Gasteiger partial charge is 0.336 e. The second-order valence-corrected chi connectivity index (χ2v) is 9.50. The highest BCUT2D eigenvalue weighted by Gasteiger charge is 2.56. The Labute approximate surface area is 199 Å². The first kappa shape index (κ1) is 23.5. The third-order valence-electron chi connectivity index (χ3n) is 5.85. The van der Waals surface area contributed by atoms with E-state index < -0.39 is 29.3 Å². The number of nitrogens with one attached hydrogen (secondary N) is 1. The van der Waals surface area contributed by atoms with E-state index in [0.29, 0.717) is 11.3 Å². The van der Waals surface area contributed by atoms with E-state index in [-0.39, 0.29) is 41.3 Å². The van der Waals surface area contributed by atoms with Crippen molar-refractivity contribution in [3.05, 3.63) is 71.3 Å². The van der Waals surface area contributed by atoms with Gasteiger partial charge in [-0.25, -0.2) is 4.79 Å². The first-order chi connectivity index (χ1) is 16.2. The van der Waals surface area contributed by atoms with Crippen molar-refractivity contribution in [3.63, 3.8) is 0 Å². The summed E-state index contributed by atoms with van der Waals surface area (Å²) in [6, 6.07) is 13.5. The molecule has 0 aromatic heterocycles. The van der Waals surface area contributed by atoms with Crippen LogP contribution in [-0.2, 0) is 14.3 Å². The lowest BCUT2D eigenvalue weighted by atomic mass is 9.89. The molecule has 2 heterocycles. The summed E-state index contributed by atoms with van der Waals surface area (Å²) in [4.78, 5) is 63.2. The average molecular weight is 483 g/mol. The third-order valence-corrected chi connectivity index (χ3v) is 7.52. The highest BCUT2D eigenvalue weighted by Crippen LogP contribution is 2.42. The van der Waals surface area contributed by atoms with Gasteiger partial charge in [0, 0.05) is 17.9 Å². The van der Waals surface area contributed by atoms with E-state index in [1.807, 2.05) is 0 Å². The molecule has 9 nitrogen and oxygen atoms in total. The number of hydrogen-bond donors (Lipinski definition) is 2. The van der Waals surface area contributed by atoms with Gasteiger partial charge in [0.1, 0.15) is 11.4 Å². The summed E-state index contributed by atoms with van der Waals surface area (Å²) >= 11 is 1.33. The van der Waals surface area contributed by atoms with Crippen LogP contribution in [0.3, 0.4) is 0 Å². The quantitative estimate of drug-likeness (QED) is 0.347. The van der Waals surface area contributed by atoms with Crippen molar-refractivity contribution in [2.24, 2.45) is 5.41 Å². The van der Waals surface area contributed by atoms with Gasteiger partial charge in [-0.1, -0.05) is 42.5 Å². The SMILES string of the molecule is CC1(C(=O)OCC(=O)c2ccccc2)CS[C@@H]2C(NC(=O)c3ccccc3C(=O)O)C(=O)N2C1. The number of β-lactam (4-membered cyclic amide) rings is 1. The van der Waals surface area contributed by atoms with Gasteiger partial charge in [-0.05, 0) is 19.1 Å². The summed E-state index contributed by atoms with van der Waals surface area (Å²) in [5, 5.41) is 11.5. The zero-order valence-corrected chi connectivity index (χ0v) is 19.0. The molecule has 4 rings (SSSR count). The molecule has 2 saturated heterocycles. The maximum Gasteiger partial charge on any atom is 0.336 e. The molecule has 2 aromatic rings. The van der Waals surface area contributed by atoms with Crippen molar-refractivity contribution in [1.82, 2.24) is 10.2 Å². The molecule has 2 N–H and O–H groups in total. The normalized spacial score (nSPS) is 23.3. The lowest BCUT2D eigenvalue weighted by Crippen LogP contribution is -2.73. The Balaban J connectivity index is 1.35. The monoisotopic (exact) mass is 482 g/mol. The van der Waals surface area contributed by atoms with E-state index in [1.54, 1.807) is 43.3 Å². The van der Waals surface area contributed by atoms with Crippen LogP contribution in [0.15, 0.2) is 54.6 Å². The van der Waals surface area contributed by atoms with Gasteiger partial charge in [0.05, 0.1) is 16.5 Å². The number of aromatic carboxylic acids is 1. The number of ketones is 1. The van der Waals surface area contributed by atoms with E-state index in [0.717, 1.165) is 0 Å². The van der Waals surface area contributed by atoms with Crippen LogP contribution >= 0.6 is 11.8 Å². The number of carboxylic acid groups (broad SMARTS) is 1. The van der Waals surface area contributed by atoms with E-state index >= 15 is 0 Å².